The summed E-state index contributed by atoms with van der Waals surface area (Å²) < 4.78 is 2.46. The monoisotopic (exact) mass is 490 g/mol. The molecule has 2 aliphatic rings. The molecular formula is C31H39ClN2O. The first kappa shape index (κ1) is 24.6. The van der Waals surface area contributed by atoms with Gasteiger partial charge in [-0.2, -0.15) is 0 Å². The molecule has 0 aliphatic heterocycles. The second-order valence-corrected chi connectivity index (χ2v) is 11.5. The summed E-state index contributed by atoms with van der Waals surface area (Å²) in [6, 6.07) is 15.1. The summed E-state index contributed by atoms with van der Waals surface area (Å²) in [6.45, 7) is 1.08. The van der Waals surface area contributed by atoms with Gasteiger partial charge in [0.2, 0.25) is 0 Å². The fraction of sp³-hybridized carbons (Fsp3) is 0.516. The third-order valence-electron chi connectivity index (χ3n) is 8.41. The van der Waals surface area contributed by atoms with Crippen LogP contribution < -0.4 is 5.73 Å². The number of ketones is 1. The quantitative estimate of drug-likeness (QED) is 0.348. The SMILES string of the molecule is NC1CCC(CC(=O)CCc2cn(CC3CCCCC3)c3ccc(-c4ccccc4Cl)cc23)CC1. The summed E-state index contributed by atoms with van der Waals surface area (Å²) in [5, 5.41) is 2.05. The molecule has 35 heavy (non-hydrogen) atoms. The Morgan fingerprint density at radius 3 is 2.49 bits per heavy atom. The highest BCUT2D eigenvalue weighted by Crippen LogP contribution is 2.34. The lowest BCUT2D eigenvalue weighted by Gasteiger charge is -2.25. The van der Waals surface area contributed by atoms with E-state index >= 15 is 0 Å². The highest BCUT2D eigenvalue weighted by molar-refractivity contribution is 6.33. The maximum atomic E-state index is 12.9. The molecule has 5 rings (SSSR count). The Labute approximate surface area is 215 Å². The zero-order chi connectivity index (χ0) is 24.2. The van der Waals surface area contributed by atoms with Crippen LogP contribution in [0.1, 0.15) is 76.2 Å². The number of hydrogen-bond acceptors (Lipinski definition) is 2. The van der Waals surface area contributed by atoms with E-state index in [1.54, 1.807) is 0 Å². The van der Waals surface area contributed by atoms with Gasteiger partial charge in [0.1, 0.15) is 5.78 Å². The smallest absolute Gasteiger partial charge is 0.133 e. The summed E-state index contributed by atoms with van der Waals surface area (Å²) >= 11 is 6.53. The maximum absolute atomic E-state index is 12.9. The van der Waals surface area contributed by atoms with Gasteiger partial charge in [-0.15, -0.1) is 0 Å². The van der Waals surface area contributed by atoms with Crippen LogP contribution in [0, 0.1) is 11.8 Å². The van der Waals surface area contributed by atoms with Crippen LogP contribution in [0.2, 0.25) is 5.02 Å². The molecule has 186 valence electrons. The van der Waals surface area contributed by atoms with Crippen molar-refractivity contribution in [2.45, 2.75) is 89.6 Å². The van der Waals surface area contributed by atoms with Crippen LogP contribution in [0.4, 0.5) is 0 Å². The Balaban J connectivity index is 1.37. The fourth-order valence-electron chi connectivity index (χ4n) is 6.32. The number of halogens is 1. The van der Waals surface area contributed by atoms with Crippen molar-refractivity contribution in [1.29, 1.82) is 0 Å². The summed E-state index contributed by atoms with van der Waals surface area (Å²) in [6.07, 6.45) is 15.6. The third kappa shape index (κ3) is 6.01. The lowest BCUT2D eigenvalue weighted by molar-refractivity contribution is -0.120. The number of fused-ring (bicyclic) bond motifs is 1. The topological polar surface area (TPSA) is 48.0 Å². The highest BCUT2D eigenvalue weighted by atomic mass is 35.5. The molecule has 1 heterocycles. The zero-order valence-electron chi connectivity index (χ0n) is 20.9. The minimum atomic E-state index is 0.337. The molecule has 3 aromatic rings. The van der Waals surface area contributed by atoms with E-state index in [4.69, 9.17) is 17.3 Å². The Bertz CT molecular complexity index is 1150. The summed E-state index contributed by atoms with van der Waals surface area (Å²) in [5.41, 5.74) is 10.8. The van der Waals surface area contributed by atoms with Gasteiger partial charge in [-0.1, -0.05) is 55.1 Å². The molecular weight excluding hydrogens is 452 g/mol. The van der Waals surface area contributed by atoms with Gasteiger partial charge in [0.25, 0.3) is 0 Å². The summed E-state index contributed by atoms with van der Waals surface area (Å²) in [4.78, 5) is 12.9. The van der Waals surface area contributed by atoms with Gasteiger partial charge in [-0.25, -0.2) is 0 Å². The van der Waals surface area contributed by atoms with E-state index in [1.807, 2.05) is 18.2 Å². The van der Waals surface area contributed by atoms with Crippen molar-refractivity contribution in [2.75, 3.05) is 0 Å². The molecule has 0 bridgehead atoms. The van der Waals surface area contributed by atoms with Gasteiger partial charge in [-0.05, 0) is 86.1 Å². The number of nitrogens with two attached hydrogens (primary N) is 1. The molecule has 3 nitrogen and oxygen atoms in total. The van der Waals surface area contributed by atoms with Crippen molar-refractivity contribution >= 4 is 28.3 Å². The van der Waals surface area contributed by atoms with Gasteiger partial charge in [0.05, 0.1) is 0 Å². The van der Waals surface area contributed by atoms with Crippen LogP contribution in [-0.2, 0) is 17.8 Å². The van der Waals surface area contributed by atoms with Crippen molar-refractivity contribution < 1.29 is 4.79 Å². The molecule has 0 radical (unpaired) electrons. The number of aryl methyl sites for hydroxylation is 1. The predicted octanol–water partition coefficient (Wildman–Crippen LogP) is 7.95. The van der Waals surface area contributed by atoms with E-state index in [1.165, 1.54) is 48.6 Å². The minimum absolute atomic E-state index is 0.337. The molecule has 2 fully saturated rings. The molecule has 2 aromatic carbocycles. The largest absolute Gasteiger partial charge is 0.347 e. The Hall–Kier alpha value is -2.10. The average Bonchev–Trinajstić information content (AvgIpc) is 3.21. The first-order valence-electron chi connectivity index (χ1n) is 13.7. The minimum Gasteiger partial charge on any atom is -0.347 e. The van der Waals surface area contributed by atoms with E-state index in [-0.39, 0.29) is 0 Å². The number of benzene rings is 2. The normalized spacial score (nSPS) is 21.4. The molecule has 0 spiro atoms. The maximum Gasteiger partial charge on any atom is 0.133 e. The van der Waals surface area contributed by atoms with Gasteiger partial charge in [0.15, 0.2) is 0 Å². The average molecular weight is 491 g/mol. The van der Waals surface area contributed by atoms with E-state index < -0.39 is 0 Å². The molecule has 0 atom stereocenters. The summed E-state index contributed by atoms with van der Waals surface area (Å²) in [5.74, 6) is 1.69. The molecule has 2 saturated carbocycles. The predicted molar refractivity (Wildman–Crippen MR) is 147 cm³/mol. The molecule has 1 aromatic heterocycles. The van der Waals surface area contributed by atoms with Crippen LogP contribution in [0.3, 0.4) is 0 Å². The first-order valence-corrected chi connectivity index (χ1v) is 14.1. The Morgan fingerprint density at radius 2 is 1.71 bits per heavy atom. The van der Waals surface area contributed by atoms with E-state index in [0.29, 0.717) is 24.2 Å². The number of carbonyl (C=O) groups is 1. The molecule has 2 N–H and O–H groups in total. The number of carbonyl (C=O) groups excluding carboxylic acids is 1. The van der Waals surface area contributed by atoms with Crippen molar-refractivity contribution in [3.05, 3.63) is 59.2 Å². The van der Waals surface area contributed by atoms with Crippen LogP contribution in [-0.4, -0.2) is 16.4 Å². The Morgan fingerprint density at radius 1 is 0.943 bits per heavy atom. The van der Waals surface area contributed by atoms with Crippen molar-refractivity contribution in [2.24, 2.45) is 17.6 Å². The molecule has 0 unspecified atom stereocenters. The van der Waals surface area contributed by atoms with E-state index in [2.05, 4.69) is 35.0 Å². The number of Topliss-reactive ketones (excluding diaryl/α,β-unsaturated/α-hetero) is 1. The lowest BCUT2D eigenvalue weighted by Crippen LogP contribution is -2.27. The highest BCUT2D eigenvalue weighted by Gasteiger charge is 2.22. The van der Waals surface area contributed by atoms with Gasteiger partial charge in [-0.3, -0.25) is 4.79 Å². The van der Waals surface area contributed by atoms with Gasteiger partial charge < -0.3 is 10.3 Å². The molecule has 0 amide bonds. The van der Waals surface area contributed by atoms with Crippen LogP contribution >= 0.6 is 11.6 Å². The van der Waals surface area contributed by atoms with Crippen LogP contribution in [0.5, 0.6) is 0 Å². The van der Waals surface area contributed by atoms with Crippen molar-refractivity contribution in [1.82, 2.24) is 4.57 Å². The molecule has 4 heteroatoms. The third-order valence-corrected chi connectivity index (χ3v) is 8.74. The first-order chi connectivity index (χ1) is 17.1. The summed E-state index contributed by atoms with van der Waals surface area (Å²) in [7, 11) is 0. The van der Waals surface area contributed by atoms with Gasteiger partial charge >= 0.3 is 0 Å². The van der Waals surface area contributed by atoms with Crippen molar-refractivity contribution in [3.8, 4) is 11.1 Å². The van der Waals surface area contributed by atoms with Gasteiger partial charge in [0, 0.05) is 53.1 Å². The van der Waals surface area contributed by atoms with Crippen LogP contribution in [0.25, 0.3) is 22.0 Å². The number of aromatic nitrogens is 1. The second-order valence-electron chi connectivity index (χ2n) is 11.0. The number of hydrogen-bond donors (Lipinski definition) is 1. The number of rotatable bonds is 8. The standard InChI is InChI=1S/C31H39ClN2O/c32-30-9-5-4-8-28(30)24-13-17-31-29(19-24)25(21-34(31)20-23-6-2-1-3-7-23)12-16-27(35)18-22-10-14-26(33)15-11-22/h4-5,8-9,13,17,19,21-23,26H,1-3,6-7,10-12,14-16,18,20,33H2. The lowest BCUT2D eigenvalue weighted by atomic mass is 9.83. The number of nitrogens with zero attached hydrogens (tertiary/aromatic N) is 1. The van der Waals surface area contributed by atoms with Crippen LogP contribution in [0.15, 0.2) is 48.7 Å². The second kappa shape index (κ2) is 11.3. The zero-order valence-corrected chi connectivity index (χ0v) is 21.6. The van der Waals surface area contributed by atoms with E-state index in [0.717, 1.165) is 67.1 Å². The van der Waals surface area contributed by atoms with E-state index in [9.17, 15) is 4.79 Å². The molecule has 2 aliphatic carbocycles. The fourth-order valence-corrected chi connectivity index (χ4v) is 6.57. The Kier molecular flexibility index (Phi) is 7.94. The van der Waals surface area contributed by atoms with Crippen molar-refractivity contribution in [3.63, 3.8) is 0 Å². The molecule has 0 saturated heterocycles.